The number of ketones is 1. The van der Waals surface area contributed by atoms with Gasteiger partial charge in [-0.25, -0.2) is 0 Å². The van der Waals surface area contributed by atoms with Crippen LogP contribution in [0.5, 0.6) is 0 Å². The lowest BCUT2D eigenvalue weighted by Gasteiger charge is -2.09. The van der Waals surface area contributed by atoms with Crippen LogP contribution < -0.4 is 0 Å². The second-order valence-corrected chi connectivity index (χ2v) is 5.21. The van der Waals surface area contributed by atoms with E-state index in [4.69, 9.17) is 9.47 Å². The molecular formula is C11H18O3S. The van der Waals surface area contributed by atoms with E-state index in [9.17, 15) is 4.79 Å². The third-order valence-electron chi connectivity index (χ3n) is 2.96. The Kier molecular flexibility index (Phi) is 4.47. The Bertz CT molecular complexity index is 208. The Balaban J connectivity index is 1.58. The fourth-order valence-electron chi connectivity index (χ4n) is 1.97. The molecule has 0 N–H and O–H groups in total. The van der Waals surface area contributed by atoms with Crippen LogP contribution in [0.25, 0.3) is 0 Å². The molecule has 2 unspecified atom stereocenters. The van der Waals surface area contributed by atoms with Crippen molar-refractivity contribution < 1.29 is 14.3 Å². The molecule has 2 saturated heterocycles. The molecule has 0 aromatic rings. The average Bonchev–Trinajstić information content (AvgIpc) is 2.90. The molecule has 0 radical (unpaired) electrons. The lowest BCUT2D eigenvalue weighted by atomic mass is 10.1. The second kappa shape index (κ2) is 5.87. The first-order chi connectivity index (χ1) is 7.36. The SMILES string of the molecule is O=C(CSCC1CCCO1)C1CCOC1. The molecule has 86 valence electrons. The fourth-order valence-corrected chi connectivity index (χ4v) is 3.05. The fraction of sp³-hybridized carbons (Fsp3) is 0.909. The van der Waals surface area contributed by atoms with Crippen molar-refractivity contribution in [2.24, 2.45) is 5.92 Å². The Morgan fingerprint density at radius 3 is 2.93 bits per heavy atom. The van der Waals surface area contributed by atoms with Crippen molar-refractivity contribution in [3.8, 4) is 0 Å². The van der Waals surface area contributed by atoms with E-state index in [1.807, 2.05) is 0 Å². The molecule has 0 aromatic carbocycles. The number of hydrogen-bond acceptors (Lipinski definition) is 4. The molecule has 0 spiro atoms. The monoisotopic (exact) mass is 230 g/mol. The lowest BCUT2D eigenvalue weighted by molar-refractivity contribution is -0.120. The molecule has 0 aromatic heterocycles. The molecule has 0 amide bonds. The van der Waals surface area contributed by atoms with Crippen LogP contribution in [0, 0.1) is 5.92 Å². The number of rotatable bonds is 5. The lowest BCUT2D eigenvalue weighted by Crippen LogP contribution is -2.18. The van der Waals surface area contributed by atoms with Gasteiger partial charge in [-0.1, -0.05) is 0 Å². The van der Waals surface area contributed by atoms with Gasteiger partial charge in [0.15, 0.2) is 0 Å². The summed E-state index contributed by atoms with van der Waals surface area (Å²) in [6.07, 6.45) is 3.64. The number of ether oxygens (including phenoxy) is 2. The van der Waals surface area contributed by atoms with Gasteiger partial charge >= 0.3 is 0 Å². The van der Waals surface area contributed by atoms with Crippen molar-refractivity contribution in [3.05, 3.63) is 0 Å². The van der Waals surface area contributed by atoms with E-state index in [1.54, 1.807) is 11.8 Å². The summed E-state index contributed by atoms with van der Waals surface area (Å²) < 4.78 is 10.7. The molecule has 0 saturated carbocycles. The van der Waals surface area contributed by atoms with E-state index in [1.165, 1.54) is 6.42 Å². The van der Waals surface area contributed by atoms with Crippen LogP contribution in [0.4, 0.5) is 0 Å². The molecule has 2 aliphatic rings. The van der Waals surface area contributed by atoms with E-state index < -0.39 is 0 Å². The van der Waals surface area contributed by atoms with Crippen molar-refractivity contribution in [2.45, 2.75) is 25.4 Å². The van der Waals surface area contributed by atoms with Crippen molar-refractivity contribution >= 4 is 17.5 Å². The highest BCUT2D eigenvalue weighted by Gasteiger charge is 2.23. The van der Waals surface area contributed by atoms with Crippen LogP contribution in [0.1, 0.15) is 19.3 Å². The third-order valence-corrected chi connectivity index (χ3v) is 4.05. The number of thioether (sulfide) groups is 1. The Morgan fingerprint density at radius 1 is 1.33 bits per heavy atom. The molecule has 2 fully saturated rings. The molecule has 0 aliphatic carbocycles. The van der Waals surface area contributed by atoms with Crippen molar-refractivity contribution in [3.63, 3.8) is 0 Å². The predicted molar refractivity (Wildman–Crippen MR) is 60.2 cm³/mol. The molecule has 4 heteroatoms. The van der Waals surface area contributed by atoms with E-state index in [2.05, 4.69) is 0 Å². The summed E-state index contributed by atoms with van der Waals surface area (Å²) in [5, 5.41) is 0. The normalized spacial score (nSPS) is 30.9. The van der Waals surface area contributed by atoms with E-state index in [0.29, 0.717) is 24.2 Å². The van der Waals surface area contributed by atoms with Crippen LogP contribution in [0.2, 0.25) is 0 Å². The zero-order valence-electron chi connectivity index (χ0n) is 8.94. The van der Waals surface area contributed by atoms with Crippen LogP contribution in [0.15, 0.2) is 0 Å². The van der Waals surface area contributed by atoms with Gasteiger partial charge in [-0.2, -0.15) is 11.8 Å². The van der Waals surface area contributed by atoms with Crippen molar-refractivity contribution in [2.75, 3.05) is 31.3 Å². The van der Waals surface area contributed by atoms with Crippen molar-refractivity contribution in [1.82, 2.24) is 0 Å². The zero-order valence-corrected chi connectivity index (χ0v) is 9.76. The summed E-state index contributed by atoms with van der Waals surface area (Å²) in [7, 11) is 0. The van der Waals surface area contributed by atoms with Crippen LogP contribution in [-0.2, 0) is 14.3 Å². The molecule has 3 nitrogen and oxygen atoms in total. The molecular weight excluding hydrogens is 212 g/mol. The van der Waals surface area contributed by atoms with Gasteiger partial charge < -0.3 is 9.47 Å². The zero-order chi connectivity index (χ0) is 10.5. The number of carbonyl (C=O) groups is 1. The number of Topliss-reactive ketones (excluding diaryl/α,β-unsaturated/α-hetero) is 1. The smallest absolute Gasteiger partial charge is 0.148 e. The largest absolute Gasteiger partial charge is 0.381 e. The minimum Gasteiger partial charge on any atom is -0.381 e. The maximum atomic E-state index is 11.7. The topological polar surface area (TPSA) is 35.5 Å². The summed E-state index contributed by atoms with van der Waals surface area (Å²) >= 11 is 1.72. The number of carbonyl (C=O) groups excluding carboxylic acids is 1. The molecule has 2 aliphatic heterocycles. The molecule has 0 bridgehead atoms. The Morgan fingerprint density at radius 2 is 2.27 bits per heavy atom. The Labute approximate surface area is 94.9 Å². The first-order valence-electron chi connectivity index (χ1n) is 5.66. The van der Waals surface area contributed by atoms with Gasteiger partial charge in [0.25, 0.3) is 0 Å². The van der Waals surface area contributed by atoms with Gasteiger partial charge in [-0.3, -0.25) is 4.79 Å². The van der Waals surface area contributed by atoms with E-state index >= 15 is 0 Å². The summed E-state index contributed by atoms with van der Waals surface area (Å²) in [4.78, 5) is 11.7. The van der Waals surface area contributed by atoms with Gasteiger partial charge in [-0.05, 0) is 19.3 Å². The highest BCUT2D eigenvalue weighted by molar-refractivity contribution is 8.00. The first-order valence-corrected chi connectivity index (χ1v) is 6.81. The molecule has 2 heterocycles. The van der Waals surface area contributed by atoms with Gasteiger partial charge in [0.2, 0.25) is 0 Å². The highest BCUT2D eigenvalue weighted by Crippen LogP contribution is 2.20. The second-order valence-electron chi connectivity index (χ2n) is 4.18. The molecule has 15 heavy (non-hydrogen) atoms. The van der Waals surface area contributed by atoms with Gasteiger partial charge in [0.05, 0.1) is 18.5 Å². The Hall–Kier alpha value is -0.0600. The van der Waals surface area contributed by atoms with Crippen LogP contribution in [-0.4, -0.2) is 43.2 Å². The van der Waals surface area contributed by atoms with Gasteiger partial charge in [0, 0.05) is 24.9 Å². The maximum absolute atomic E-state index is 11.7. The minimum atomic E-state index is 0.169. The standard InChI is InChI=1S/C11H18O3S/c12-11(9-3-5-13-6-9)8-15-7-10-2-1-4-14-10/h9-10H,1-8H2. The predicted octanol–water partition coefficient (Wildman–Crippen LogP) is 1.50. The van der Waals surface area contributed by atoms with E-state index in [-0.39, 0.29) is 5.92 Å². The summed E-state index contributed by atoms with van der Waals surface area (Å²) in [6.45, 7) is 2.29. The number of hydrogen-bond donors (Lipinski definition) is 0. The highest BCUT2D eigenvalue weighted by atomic mass is 32.2. The minimum absolute atomic E-state index is 0.169. The first kappa shape index (κ1) is 11.4. The van der Waals surface area contributed by atoms with E-state index in [0.717, 1.165) is 31.8 Å². The third kappa shape index (κ3) is 3.47. The maximum Gasteiger partial charge on any atom is 0.148 e. The quantitative estimate of drug-likeness (QED) is 0.717. The van der Waals surface area contributed by atoms with Crippen LogP contribution in [0.3, 0.4) is 0 Å². The van der Waals surface area contributed by atoms with Crippen LogP contribution >= 0.6 is 11.8 Å². The molecule has 2 rings (SSSR count). The summed E-state index contributed by atoms with van der Waals surface area (Å²) in [5.74, 6) is 2.13. The van der Waals surface area contributed by atoms with Gasteiger partial charge in [0.1, 0.15) is 5.78 Å². The van der Waals surface area contributed by atoms with Gasteiger partial charge in [-0.15, -0.1) is 0 Å². The average molecular weight is 230 g/mol. The van der Waals surface area contributed by atoms with Crippen molar-refractivity contribution in [1.29, 1.82) is 0 Å². The molecule has 2 atom stereocenters. The summed E-state index contributed by atoms with van der Waals surface area (Å²) in [6, 6.07) is 0. The summed E-state index contributed by atoms with van der Waals surface area (Å²) in [5.41, 5.74) is 0.